The van der Waals surface area contributed by atoms with Crippen LogP contribution in [0.2, 0.25) is 0 Å². The van der Waals surface area contributed by atoms with E-state index in [2.05, 4.69) is 104 Å². The van der Waals surface area contributed by atoms with E-state index in [1.165, 1.54) is 276 Å². The van der Waals surface area contributed by atoms with Gasteiger partial charge in [0.25, 0.3) is 0 Å². The number of aliphatic hydroxyl groups excluding tert-OH is 5. The maximum atomic E-state index is 13.2. The minimum atomic E-state index is -1.58. The van der Waals surface area contributed by atoms with E-state index >= 15 is 0 Å². The lowest BCUT2D eigenvalue weighted by molar-refractivity contribution is -0.302. The number of hydrogen-bond donors (Lipinski definition) is 6. The lowest BCUT2D eigenvalue weighted by Gasteiger charge is -2.40. The van der Waals surface area contributed by atoms with E-state index in [1.54, 1.807) is 6.08 Å². The second kappa shape index (κ2) is 71.9. The highest BCUT2D eigenvalue weighted by molar-refractivity contribution is 5.76. The van der Waals surface area contributed by atoms with Gasteiger partial charge in [-0.2, -0.15) is 0 Å². The maximum Gasteiger partial charge on any atom is 0.220 e. The summed E-state index contributed by atoms with van der Waals surface area (Å²) < 4.78 is 11.3. The van der Waals surface area contributed by atoms with Crippen molar-refractivity contribution in [1.29, 1.82) is 0 Å². The molecule has 540 valence electrons. The highest BCUT2D eigenvalue weighted by Crippen LogP contribution is 2.24. The second-order valence-corrected chi connectivity index (χ2v) is 27.5. The van der Waals surface area contributed by atoms with Crippen LogP contribution in [0.5, 0.6) is 0 Å². The van der Waals surface area contributed by atoms with E-state index in [9.17, 15) is 30.3 Å². The summed E-state index contributed by atoms with van der Waals surface area (Å²) in [4.78, 5) is 13.2. The lowest BCUT2D eigenvalue weighted by Crippen LogP contribution is -2.60. The van der Waals surface area contributed by atoms with Crippen LogP contribution in [0.15, 0.2) is 97.2 Å². The van der Waals surface area contributed by atoms with E-state index < -0.39 is 49.5 Å². The molecule has 1 fully saturated rings. The highest BCUT2D eigenvalue weighted by Gasteiger charge is 2.44. The number of rotatable bonds is 70. The third kappa shape index (κ3) is 60.1. The number of carbonyl (C=O) groups is 1. The van der Waals surface area contributed by atoms with Gasteiger partial charge in [0.05, 0.1) is 25.4 Å². The molecule has 0 spiro atoms. The van der Waals surface area contributed by atoms with Crippen LogP contribution in [0.3, 0.4) is 0 Å². The number of unbranched alkanes of at least 4 members (excludes halogenated alkanes) is 46. The number of amides is 1. The van der Waals surface area contributed by atoms with Crippen molar-refractivity contribution < 1.29 is 39.8 Å². The topological polar surface area (TPSA) is 149 Å². The number of aliphatic hydroxyl groups is 5. The Hall–Kier alpha value is -2.89. The molecular formula is C84H151NO8. The number of allylic oxidation sites excluding steroid dienone is 15. The van der Waals surface area contributed by atoms with Crippen LogP contribution in [0.4, 0.5) is 0 Å². The Morgan fingerprint density at radius 2 is 0.677 bits per heavy atom. The largest absolute Gasteiger partial charge is 0.394 e. The van der Waals surface area contributed by atoms with Crippen molar-refractivity contribution in [2.45, 2.75) is 416 Å². The summed E-state index contributed by atoms with van der Waals surface area (Å²) in [6.45, 7) is 3.70. The van der Waals surface area contributed by atoms with E-state index in [4.69, 9.17) is 9.47 Å². The first-order chi connectivity index (χ1) is 45.8. The van der Waals surface area contributed by atoms with Gasteiger partial charge in [-0.1, -0.05) is 381 Å². The Morgan fingerprint density at radius 3 is 1.03 bits per heavy atom. The minimum absolute atomic E-state index is 0.182. The highest BCUT2D eigenvalue weighted by atomic mass is 16.7. The van der Waals surface area contributed by atoms with E-state index in [1.807, 2.05) is 6.08 Å². The van der Waals surface area contributed by atoms with Crippen LogP contribution >= 0.6 is 0 Å². The monoisotopic (exact) mass is 1300 g/mol. The van der Waals surface area contributed by atoms with Crippen molar-refractivity contribution in [3.8, 4) is 0 Å². The molecule has 93 heavy (non-hydrogen) atoms. The molecule has 1 saturated heterocycles. The molecule has 1 amide bonds. The van der Waals surface area contributed by atoms with Gasteiger partial charge in [-0.3, -0.25) is 4.79 Å². The van der Waals surface area contributed by atoms with Gasteiger partial charge in [-0.05, 0) is 83.5 Å². The lowest BCUT2D eigenvalue weighted by atomic mass is 9.99. The third-order valence-corrected chi connectivity index (χ3v) is 18.6. The van der Waals surface area contributed by atoms with Gasteiger partial charge in [-0.15, -0.1) is 0 Å². The Balaban J connectivity index is 2.08. The number of ether oxygens (including phenoxy) is 2. The van der Waals surface area contributed by atoms with Crippen molar-refractivity contribution in [2.24, 2.45) is 0 Å². The first-order valence-corrected chi connectivity index (χ1v) is 40.0. The van der Waals surface area contributed by atoms with Crippen molar-refractivity contribution >= 4 is 5.91 Å². The Bertz CT molecular complexity index is 1800. The minimum Gasteiger partial charge on any atom is -0.394 e. The fourth-order valence-electron chi connectivity index (χ4n) is 12.5. The summed E-state index contributed by atoms with van der Waals surface area (Å²) in [7, 11) is 0. The average molecular weight is 1300 g/mol. The molecule has 0 saturated carbocycles. The molecule has 1 aliphatic heterocycles. The Labute approximate surface area is 574 Å². The molecule has 0 aromatic heterocycles. The molecule has 0 aromatic rings. The molecule has 0 radical (unpaired) electrons. The summed E-state index contributed by atoms with van der Waals surface area (Å²) in [6, 6.07) is -0.827. The van der Waals surface area contributed by atoms with Crippen LogP contribution in [0, 0.1) is 0 Å². The predicted octanol–water partition coefficient (Wildman–Crippen LogP) is 23.0. The Morgan fingerprint density at radius 1 is 0.376 bits per heavy atom. The van der Waals surface area contributed by atoms with Crippen molar-refractivity contribution in [3.63, 3.8) is 0 Å². The van der Waals surface area contributed by atoms with Gasteiger partial charge in [0, 0.05) is 6.42 Å². The van der Waals surface area contributed by atoms with Crippen LogP contribution in [-0.2, 0) is 14.3 Å². The SMILES string of the molecule is CC/C=C\C/C=C\C/C=C\C/C=C\C/C=C\C/C=C\CCCCCCCCCCCCCCCCCCCCCCC(=O)NC(COC1OC(CO)C(O)C(O)C1O)C(O)/C=C/CC/C=C/CCCCCCCCCCCCCCCCCCCCCCCCCCC. The summed E-state index contributed by atoms with van der Waals surface area (Å²) in [6.07, 6.45) is 98.4. The molecule has 0 aromatic carbocycles. The van der Waals surface area contributed by atoms with Crippen LogP contribution in [-0.4, -0.2) is 87.5 Å². The average Bonchev–Trinajstić information content (AvgIpc) is 1.02. The standard InChI is InChI=1S/C84H151NO8/c1-3-5-7-9-11-13-15-17-19-21-23-25-27-29-31-33-35-36-37-38-39-40-41-42-44-46-48-50-52-54-56-58-60-62-64-66-68-70-72-74-80(88)85-77(76-92-84-83(91)82(90)81(89)79(75-86)93-84)78(87)73-71-69-67-65-63-61-59-57-55-53-51-49-47-45-43-34-32-30-28-26-24-22-20-18-16-14-12-10-8-6-4-2/h5,7,11,13,17,19,23,25,29,31,35-36,63,65,71,73,77-79,81-84,86-87,89-91H,3-4,6,8-10,12,14-16,18,20-22,24,26-28,30,32-34,37-62,64,66-70,72,74-76H2,1-2H3,(H,85,88)/b7-5-,13-11-,19-17-,25-23-,31-29-,36-35-,65-63+,73-71+. The predicted molar refractivity (Wildman–Crippen MR) is 401 cm³/mol. The molecule has 6 N–H and O–H groups in total. The van der Waals surface area contributed by atoms with Gasteiger partial charge < -0.3 is 40.3 Å². The fraction of sp³-hybridized carbons (Fsp3) is 0.798. The molecule has 7 atom stereocenters. The summed E-state index contributed by atoms with van der Waals surface area (Å²) in [5.41, 5.74) is 0. The number of nitrogens with one attached hydrogen (secondary N) is 1. The van der Waals surface area contributed by atoms with Crippen LogP contribution in [0.25, 0.3) is 0 Å². The Kier molecular flexibility index (Phi) is 68.1. The molecule has 1 aliphatic rings. The van der Waals surface area contributed by atoms with Gasteiger partial charge >= 0.3 is 0 Å². The zero-order valence-electron chi connectivity index (χ0n) is 60.8. The summed E-state index contributed by atoms with van der Waals surface area (Å²) >= 11 is 0. The smallest absolute Gasteiger partial charge is 0.220 e. The first kappa shape index (κ1) is 88.1. The molecule has 1 heterocycles. The van der Waals surface area contributed by atoms with Crippen molar-refractivity contribution in [2.75, 3.05) is 13.2 Å². The molecule has 0 bridgehead atoms. The van der Waals surface area contributed by atoms with Gasteiger partial charge in [0.2, 0.25) is 5.91 Å². The molecule has 7 unspecified atom stereocenters. The zero-order valence-corrected chi connectivity index (χ0v) is 60.8. The molecular weight excluding hydrogens is 1150 g/mol. The fourth-order valence-corrected chi connectivity index (χ4v) is 12.5. The van der Waals surface area contributed by atoms with Gasteiger partial charge in [-0.25, -0.2) is 0 Å². The normalized spacial score (nSPS) is 18.1. The number of hydrogen-bond acceptors (Lipinski definition) is 8. The molecule has 9 heteroatoms. The van der Waals surface area contributed by atoms with E-state index in [0.717, 1.165) is 77.0 Å². The quantitative estimate of drug-likeness (QED) is 0.0261. The molecule has 9 nitrogen and oxygen atoms in total. The van der Waals surface area contributed by atoms with Crippen LogP contribution in [0.1, 0.15) is 373 Å². The van der Waals surface area contributed by atoms with Gasteiger partial charge in [0.15, 0.2) is 6.29 Å². The first-order valence-electron chi connectivity index (χ1n) is 40.0. The summed E-state index contributed by atoms with van der Waals surface area (Å²) in [5, 5.41) is 54.9. The van der Waals surface area contributed by atoms with Crippen LogP contribution < -0.4 is 5.32 Å². The number of carbonyl (C=O) groups excluding carboxylic acids is 1. The summed E-state index contributed by atoms with van der Waals surface area (Å²) in [5.74, 6) is -0.182. The zero-order chi connectivity index (χ0) is 67.1. The van der Waals surface area contributed by atoms with Gasteiger partial charge in [0.1, 0.15) is 24.4 Å². The van der Waals surface area contributed by atoms with Crippen molar-refractivity contribution in [1.82, 2.24) is 5.32 Å². The van der Waals surface area contributed by atoms with E-state index in [-0.39, 0.29) is 12.5 Å². The third-order valence-electron chi connectivity index (χ3n) is 18.6. The molecule has 0 aliphatic carbocycles. The maximum absolute atomic E-state index is 13.2. The molecule has 1 rings (SSSR count). The van der Waals surface area contributed by atoms with Crippen molar-refractivity contribution in [3.05, 3.63) is 97.2 Å². The second-order valence-electron chi connectivity index (χ2n) is 27.5. The van der Waals surface area contributed by atoms with E-state index in [0.29, 0.717) is 6.42 Å².